The monoisotopic (exact) mass is 226 g/mol. The summed E-state index contributed by atoms with van der Waals surface area (Å²) in [7, 11) is 0. The normalized spacial score (nSPS) is 16.7. The van der Waals surface area contributed by atoms with Crippen LogP contribution in [0.3, 0.4) is 0 Å². The van der Waals surface area contributed by atoms with Crippen molar-refractivity contribution in [3.63, 3.8) is 0 Å². The Balaban J connectivity index is 3.05. The average molecular weight is 226 g/mol. The van der Waals surface area contributed by atoms with Crippen LogP contribution in [0.5, 0.6) is 0 Å². The van der Waals surface area contributed by atoms with Gasteiger partial charge in [-0.15, -0.1) is 11.3 Å². The Morgan fingerprint density at radius 2 is 1.93 bits per heavy atom. The molecule has 0 saturated heterocycles. The van der Waals surface area contributed by atoms with E-state index in [-0.39, 0.29) is 5.56 Å². The van der Waals surface area contributed by atoms with E-state index in [0.29, 0.717) is 11.3 Å². The smallest absolute Gasteiger partial charge is 0.390 e. The number of aliphatic hydroxyl groups excluding tert-OH is 2. The largest absolute Gasteiger partial charge is 0.425 e. The highest BCUT2D eigenvalue weighted by molar-refractivity contribution is 7.10. The quantitative estimate of drug-likeness (QED) is 0.811. The molecule has 14 heavy (non-hydrogen) atoms. The number of aliphatic hydroxyl groups is 2. The van der Waals surface area contributed by atoms with Gasteiger partial charge in [0, 0.05) is 5.56 Å². The molecule has 6 heteroatoms. The lowest BCUT2D eigenvalue weighted by molar-refractivity contribution is -0.136. The van der Waals surface area contributed by atoms with Gasteiger partial charge in [0.1, 0.15) is 11.0 Å². The summed E-state index contributed by atoms with van der Waals surface area (Å²) >= 11 is 0.506. The van der Waals surface area contributed by atoms with Crippen LogP contribution in [-0.4, -0.2) is 16.3 Å². The topological polar surface area (TPSA) is 40.5 Å². The van der Waals surface area contributed by atoms with Crippen molar-refractivity contribution >= 4 is 11.3 Å². The van der Waals surface area contributed by atoms with Gasteiger partial charge in [-0.1, -0.05) is 0 Å². The van der Waals surface area contributed by atoms with Crippen LogP contribution in [0.25, 0.3) is 0 Å². The summed E-state index contributed by atoms with van der Waals surface area (Å²) in [6.45, 7) is 1.24. The first-order valence-corrected chi connectivity index (χ1v) is 4.72. The van der Waals surface area contributed by atoms with Crippen LogP contribution in [0.15, 0.2) is 11.4 Å². The van der Waals surface area contributed by atoms with Crippen LogP contribution < -0.4 is 0 Å². The number of hydrogen-bond acceptors (Lipinski definition) is 3. The van der Waals surface area contributed by atoms with Crippen LogP contribution in [0.4, 0.5) is 13.2 Å². The van der Waals surface area contributed by atoms with Crippen LogP contribution in [-0.2, 0) is 6.18 Å². The molecule has 2 nitrogen and oxygen atoms in total. The first kappa shape index (κ1) is 11.5. The zero-order valence-electron chi connectivity index (χ0n) is 7.25. The first-order chi connectivity index (χ1) is 6.34. The van der Waals surface area contributed by atoms with Crippen molar-refractivity contribution in [1.29, 1.82) is 0 Å². The average Bonchev–Trinajstić information content (AvgIpc) is 2.48. The van der Waals surface area contributed by atoms with Gasteiger partial charge in [0.05, 0.1) is 6.10 Å². The second-order valence-corrected chi connectivity index (χ2v) is 3.80. The second-order valence-electron chi connectivity index (χ2n) is 2.89. The highest BCUT2D eigenvalue weighted by atomic mass is 32.1. The molecule has 1 rings (SSSR count). The summed E-state index contributed by atoms with van der Waals surface area (Å²) in [6, 6.07) is 1.17. The fourth-order valence-corrected chi connectivity index (χ4v) is 1.85. The molecule has 0 spiro atoms. The molecule has 0 fully saturated rings. The number of hydrogen-bond donors (Lipinski definition) is 2. The SMILES string of the molecule is CC(O)C(O)c1ccsc1C(F)(F)F. The summed E-state index contributed by atoms with van der Waals surface area (Å²) in [5.41, 5.74) is -0.266. The lowest BCUT2D eigenvalue weighted by Gasteiger charge is -2.15. The summed E-state index contributed by atoms with van der Waals surface area (Å²) in [6.07, 6.45) is -7.18. The molecular weight excluding hydrogens is 217 g/mol. The summed E-state index contributed by atoms with van der Waals surface area (Å²) < 4.78 is 37.0. The summed E-state index contributed by atoms with van der Waals surface area (Å²) in [5.74, 6) is 0. The molecule has 0 radical (unpaired) electrons. The minimum atomic E-state index is -4.47. The molecular formula is C8H9F3O2S. The Morgan fingerprint density at radius 1 is 1.36 bits per heavy atom. The Kier molecular flexibility index (Phi) is 3.18. The Hall–Kier alpha value is -0.590. The van der Waals surface area contributed by atoms with E-state index in [1.54, 1.807) is 0 Å². The maximum Gasteiger partial charge on any atom is 0.425 e. The van der Waals surface area contributed by atoms with E-state index in [1.165, 1.54) is 18.4 Å². The second kappa shape index (κ2) is 3.88. The van der Waals surface area contributed by atoms with Crippen molar-refractivity contribution in [3.05, 3.63) is 21.9 Å². The molecule has 2 atom stereocenters. The molecule has 1 aromatic rings. The van der Waals surface area contributed by atoms with Crippen molar-refractivity contribution < 1.29 is 23.4 Å². The molecule has 0 amide bonds. The van der Waals surface area contributed by atoms with Crippen LogP contribution in [0.1, 0.15) is 23.5 Å². The third-order valence-corrected chi connectivity index (χ3v) is 2.70. The molecule has 80 valence electrons. The van der Waals surface area contributed by atoms with E-state index < -0.39 is 23.3 Å². The third-order valence-electron chi connectivity index (χ3n) is 1.73. The molecule has 1 aromatic heterocycles. The zero-order chi connectivity index (χ0) is 10.9. The summed E-state index contributed by atoms with van der Waals surface area (Å²) in [4.78, 5) is -0.856. The van der Waals surface area contributed by atoms with Crippen molar-refractivity contribution in [3.8, 4) is 0 Å². The fraction of sp³-hybridized carbons (Fsp3) is 0.500. The minimum Gasteiger partial charge on any atom is -0.390 e. The maximum absolute atomic E-state index is 12.3. The Labute approximate surface area is 82.6 Å². The predicted octanol–water partition coefficient (Wildman–Crippen LogP) is 2.18. The molecule has 0 saturated carbocycles. The van der Waals surface area contributed by atoms with Gasteiger partial charge in [-0.3, -0.25) is 0 Å². The van der Waals surface area contributed by atoms with Gasteiger partial charge in [-0.05, 0) is 18.4 Å². The Morgan fingerprint density at radius 3 is 2.36 bits per heavy atom. The molecule has 2 unspecified atom stereocenters. The molecule has 2 N–H and O–H groups in total. The summed E-state index contributed by atoms with van der Waals surface area (Å²) in [5, 5.41) is 19.5. The van der Waals surface area contributed by atoms with E-state index in [1.807, 2.05) is 0 Å². The lowest BCUT2D eigenvalue weighted by atomic mass is 10.1. The van der Waals surface area contributed by atoms with Crippen molar-refractivity contribution in [2.24, 2.45) is 0 Å². The molecule has 0 aliphatic carbocycles. The minimum absolute atomic E-state index is 0.266. The van der Waals surface area contributed by atoms with E-state index in [0.717, 1.165) is 0 Å². The zero-order valence-corrected chi connectivity index (χ0v) is 8.06. The van der Waals surface area contributed by atoms with E-state index in [9.17, 15) is 18.3 Å². The van der Waals surface area contributed by atoms with Gasteiger partial charge in [0.2, 0.25) is 0 Å². The number of rotatable bonds is 2. The van der Waals surface area contributed by atoms with Gasteiger partial charge in [-0.2, -0.15) is 13.2 Å². The Bertz CT molecular complexity index is 306. The third kappa shape index (κ3) is 2.26. The molecule has 0 aliphatic rings. The van der Waals surface area contributed by atoms with E-state index in [2.05, 4.69) is 0 Å². The fourth-order valence-electron chi connectivity index (χ4n) is 1.04. The van der Waals surface area contributed by atoms with Crippen molar-refractivity contribution in [1.82, 2.24) is 0 Å². The van der Waals surface area contributed by atoms with Crippen LogP contribution in [0.2, 0.25) is 0 Å². The van der Waals surface area contributed by atoms with Crippen LogP contribution >= 0.6 is 11.3 Å². The number of halogens is 3. The highest BCUT2D eigenvalue weighted by Gasteiger charge is 2.37. The van der Waals surface area contributed by atoms with E-state index in [4.69, 9.17) is 5.11 Å². The molecule has 0 bridgehead atoms. The lowest BCUT2D eigenvalue weighted by Crippen LogP contribution is -2.17. The molecule has 1 heterocycles. The van der Waals surface area contributed by atoms with E-state index >= 15 is 0 Å². The first-order valence-electron chi connectivity index (χ1n) is 3.84. The van der Waals surface area contributed by atoms with Crippen molar-refractivity contribution in [2.75, 3.05) is 0 Å². The van der Waals surface area contributed by atoms with Gasteiger partial charge in [-0.25, -0.2) is 0 Å². The van der Waals surface area contributed by atoms with Gasteiger partial charge in [0.25, 0.3) is 0 Å². The number of thiophene rings is 1. The highest BCUT2D eigenvalue weighted by Crippen LogP contribution is 2.39. The predicted molar refractivity (Wildman–Crippen MR) is 46.0 cm³/mol. The molecule has 0 aliphatic heterocycles. The number of alkyl halides is 3. The maximum atomic E-state index is 12.3. The van der Waals surface area contributed by atoms with Crippen molar-refractivity contribution in [2.45, 2.75) is 25.3 Å². The van der Waals surface area contributed by atoms with Gasteiger partial charge in [0.15, 0.2) is 0 Å². The van der Waals surface area contributed by atoms with Crippen LogP contribution in [0, 0.1) is 0 Å². The molecule has 0 aromatic carbocycles. The standard InChI is InChI=1S/C8H9F3O2S/c1-4(12)6(13)5-2-3-14-7(5)8(9,10)11/h2-4,6,12-13H,1H3. The van der Waals surface area contributed by atoms with Gasteiger partial charge >= 0.3 is 6.18 Å². The van der Waals surface area contributed by atoms with Gasteiger partial charge < -0.3 is 10.2 Å².